The number of nitrogens with one attached hydrogen (secondary N) is 1. The topological polar surface area (TPSA) is 81.1 Å². The number of carbonyl (C=O) groups excluding carboxylic acids is 1. The maximum atomic E-state index is 11.2. The number of aromatic nitrogens is 1. The summed E-state index contributed by atoms with van der Waals surface area (Å²) in [6.45, 7) is 3.06. The number of oxazole rings is 1. The van der Waals surface area contributed by atoms with E-state index in [2.05, 4.69) is 10.3 Å². The summed E-state index contributed by atoms with van der Waals surface area (Å²) in [5, 5.41) is 2.68. The molecular weight excluding hydrogens is 170 g/mol. The second-order valence-corrected chi connectivity index (χ2v) is 2.92. The van der Waals surface area contributed by atoms with E-state index in [1.807, 2.05) is 6.92 Å². The van der Waals surface area contributed by atoms with Gasteiger partial charge in [-0.15, -0.1) is 0 Å². The van der Waals surface area contributed by atoms with Gasteiger partial charge in [-0.3, -0.25) is 4.79 Å². The lowest BCUT2D eigenvalue weighted by Crippen LogP contribution is -2.30. The van der Waals surface area contributed by atoms with Crippen LogP contribution in [0.5, 0.6) is 0 Å². The molecule has 13 heavy (non-hydrogen) atoms. The molecule has 0 aliphatic rings. The Balaban J connectivity index is 2.35. The maximum Gasteiger partial charge on any atom is 0.288 e. The number of rotatable bonds is 4. The number of amides is 1. The van der Waals surface area contributed by atoms with Crippen LogP contribution in [0.4, 0.5) is 0 Å². The van der Waals surface area contributed by atoms with Crippen LogP contribution in [0.1, 0.15) is 17.5 Å². The summed E-state index contributed by atoms with van der Waals surface area (Å²) in [4.78, 5) is 14.9. The first-order chi connectivity index (χ1) is 6.24. The zero-order valence-electron chi connectivity index (χ0n) is 7.49. The fourth-order valence-electron chi connectivity index (χ4n) is 0.765. The lowest BCUT2D eigenvalue weighted by molar-refractivity contribution is 0.0921. The van der Waals surface area contributed by atoms with Gasteiger partial charge >= 0.3 is 0 Å². The van der Waals surface area contributed by atoms with E-state index in [9.17, 15) is 4.79 Å². The minimum Gasteiger partial charge on any atom is -0.438 e. The lowest BCUT2D eigenvalue weighted by Gasteiger charge is -2.07. The van der Waals surface area contributed by atoms with E-state index >= 15 is 0 Å². The highest BCUT2D eigenvalue weighted by Crippen LogP contribution is 1.96. The predicted octanol–water partition coefficient (Wildman–Crippen LogP) is -0.000800. The van der Waals surface area contributed by atoms with Crippen molar-refractivity contribution in [3.8, 4) is 0 Å². The van der Waals surface area contributed by atoms with Crippen molar-refractivity contribution in [2.75, 3.05) is 13.1 Å². The Labute approximate surface area is 76.3 Å². The number of nitrogens with zero attached hydrogens (tertiary/aromatic N) is 1. The molecule has 1 heterocycles. The summed E-state index contributed by atoms with van der Waals surface area (Å²) < 4.78 is 4.81. The van der Waals surface area contributed by atoms with Crippen molar-refractivity contribution in [3.63, 3.8) is 0 Å². The third-order valence-corrected chi connectivity index (χ3v) is 1.67. The summed E-state index contributed by atoms with van der Waals surface area (Å²) >= 11 is 0. The molecule has 0 aromatic carbocycles. The minimum absolute atomic E-state index is 0.226. The van der Waals surface area contributed by atoms with Gasteiger partial charge in [0.15, 0.2) is 6.39 Å². The number of nitrogens with two attached hydrogens (primary N) is 1. The fraction of sp³-hybridized carbons (Fsp3) is 0.500. The molecule has 0 aliphatic heterocycles. The van der Waals surface area contributed by atoms with Crippen LogP contribution in [0.25, 0.3) is 0 Å². The molecule has 0 aliphatic carbocycles. The van der Waals surface area contributed by atoms with E-state index in [0.29, 0.717) is 13.1 Å². The molecule has 0 fully saturated rings. The molecule has 72 valence electrons. The zero-order chi connectivity index (χ0) is 9.68. The van der Waals surface area contributed by atoms with Crippen molar-refractivity contribution >= 4 is 5.91 Å². The molecule has 0 spiro atoms. The molecule has 5 nitrogen and oxygen atoms in total. The van der Waals surface area contributed by atoms with Crippen LogP contribution in [0.3, 0.4) is 0 Å². The molecule has 0 bridgehead atoms. The molecule has 1 rings (SSSR count). The smallest absolute Gasteiger partial charge is 0.288 e. The van der Waals surface area contributed by atoms with Gasteiger partial charge in [-0.25, -0.2) is 4.98 Å². The number of hydrogen-bond donors (Lipinski definition) is 2. The SMILES string of the molecule is CC(CN)CNC(=O)c1cnco1. The first-order valence-electron chi connectivity index (χ1n) is 4.10. The predicted molar refractivity (Wildman–Crippen MR) is 47.1 cm³/mol. The van der Waals surface area contributed by atoms with Crippen molar-refractivity contribution in [2.24, 2.45) is 11.7 Å². The van der Waals surface area contributed by atoms with Crippen molar-refractivity contribution < 1.29 is 9.21 Å². The Morgan fingerprint density at radius 2 is 2.62 bits per heavy atom. The van der Waals surface area contributed by atoms with Crippen LogP contribution >= 0.6 is 0 Å². The second-order valence-electron chi connectivity index (χ2n) is 2.92. The van der Waals surface area contributed by atoms with Gasteiger partial charge in [0.1, 0.15) is 0 Å². The molecule has 1 unspecified atom stereocenters. The van der Waals surface area contributed by atoms with Crippen molar-refractivity contribution in [3.05, 3.63) is 18.4 Å². The minimum atomic E-state index is -0.252. The van der Waals surface area contributed by atoms with Crippen LogP contribution in [-0.4, -0.2) is 24.0 Å². The quantitative estimate of drug-likeness (QED) is 0.688. The molecular formula is C8H13N3O2. The lowest BCUT2D eigenvalue weighted by atomic mass is 10.2. The summed E-state index contributed by atoms with van der Waals surface area (Å²) in [7, 11) is 0. The normalized spacial score (nSPS) is 12.5. The molecule has 1 aromatic rings. The molecule has 1 atom stereocenters. The fourth-order valence-corrected chi connectivity index (χ4v) is 0.765. The molecule has 1 aromatic heterocycles. The highest BCUT2D eigenvalue weighted by molar-refractivity contribution is 5.90. The molecule has 3 N–H and O–H groups in total. The monoisotopic (exact) mass is 183 g/mol. The van der Waals surface area contributed by atoms with Gasteiger partial charge in [0.25, 0.3) is 5.91 Å². The number of hydrogen-bond acceptors (Lipinski definition) is 4. The highest BCUT2D eigenvalue weighted by Gasteiger charge is 2.09. The Morgan fingerprint density at radius 1 is 1.85 bits per heavy atom. The van der Waals surface area contributed by atoms with E-state index in [0.717, 1.165) is 0 Å². The summed E-state index contributed by atoms with van der Waals surface area (Å²) in [6, 6.07) is 0. The van der Waals surface area contributed by atoms with E-state index in [1.54, 1.807) is 0 Å². The largest absolute Gasteiger partial charge is 0.438 e. The van der Waals surface area contributed by atoms with Gasteiger partial charge in [-0.05, 0) is 12.5 Å². The summed E-state index contributed by atoms with van der Waals surface area (Å²) in [5.41, 5.74) is 5.39. The molecule has 1 amide bonds. The Hall–Kier alpha value is -1.36. The Kier molecular flexibility index (Phi) is 3.45. The van der Waals surface area contributed by atoms with Crippen molar-refractivity contribution in [1.29, 1.82) is 0 Å². The first kappa shape index (κ1) is 9.73. The number of carbonyl (C=O) groups is 1. The third-order valence-electron chi connectivity index (χ3n) is 1.67. The molecule has 0 radical (unpaired) electrons. The van der Waals surface area contributed by atoms with Crippen molar-refractivity contribution in [1.82, 2.24) is 10.3 Å². The van der Waals surface area contributed by atoms with Crippen LogP contribution in [-0.2, 0) is 0 Å². The molecule has 0 saturated carbocycles. The van der Waals surface area contributed by atoms with E-state index in [1.165, 1.54) is 12.6 Å². The Morgan fingerprint density at radius 3 is 3.15 bits per heavy atom. The van der Waals surface area contributed by atoms with Crippen LogP contribution in [0.15, 0.2) is 17.0 Å². The second kappa shape index (κ2) is 4.61. The van der Waals surface area contributed by atoms with Gasteiger partial charge in [-0.1, -0.05) is 6.92 Å². The van der Waals surface area contributed by atoms with Gasteiger partial charge < -0.3 is 15.5 Å². The van der Waals surface area contributed by atoms with Gasteiger partial charge in [0, 0.05) is 6.54 Å². The van der Waals surface area contributed by atoms with Gasteiger partial charge in [-0.2, -0.15) is 0 Å². The zero-order valence-corrected chi connectivity index (χ0v) is 7.49. The third kappa shape index (κ3) is 2.87. The van der Waals surface area contributed by atoms with Crippen LogP contribution in [0, 0.1) is 5.92 Å². The van der Waals surface area contributed by atoms with Gasteiger partial charge in [0.05, 0.1) is 6.20 Å². The van der Waals surface area contributed by atoms with Crippen LogP contribution < -0.4 is 11.1 Å². The first-order valence-corrected chi connectivity index (χ1v) is 4.10. The summed E-state index contributed by atoms with van der Waals surface area (Å²) in [6.07, 6.45) is 2.60. The Bertz CT molecular complexity index is 258. The molecule has 5 heteroatoms. The van der Waals surface area contributed by atoms with Gasteiger partial charge in [0.2, 0.25) is 5.76 Å². The van der Waals surface area contributed by atoms with Crippen LogP contribution in [0.2, 0.25) is 0 Å². The standard InChI is InChI=1S/C8H13N3O2/c1-6(2-9)3-11-8(12)7-4-10-5-13-7/h4-6H,2-3,9H2,1H3,(H,11,12). The highest BCUT2D eigenvalue weighted by atomic mass is 16.3. The van der Waals surface area contributed by atoms with E-state index in [-0.39, 0.29) is 17.6 Å². The average Bonchev–Trinajstić information content (AvgIpc) is 2.66. The van der Waals surface area contributed by atoms with E-state index in [4.69, 9.17) is 10.2 Å². The average molecular weight is 183 g/mol. The molecule has 0 saturated heterocycles. The van der Waals surface area contributed by atoms with Crippen molar-refractivity contribution in [2.45, 2.75) is 6.92 Å². The maximum absolute atomic E-state index is 11.2. The summed E-state index contributed by atoms with van der Waals surface area (Å²) in [5.74, 6) is 0.244. The van der Waals surface area contributed by atoms with E-state index < -0.39 is 0 Å².